The molecule has 0 aromatic heterocycles. The zero-order chi connectivity index (χ0) is 24.3. The molecule has 1 unspecified atom stereocenters. The molecule has 180 valence electrons. The van der Waals surface area contributed by atoms with Crippen LogP contribution < -0.4 is 15.4 Å². The Balaban J connectivity index is 1.55. The normalized spacial score (nSPS) is 17.4. The van der Waals surface area contributed by atoms with Gasteiger partial charge in [-0.15, -0.1) is 5.10 Å². The fourth-order valence-corrected chi connectivity index (χ4v) is 4.38. The summed E-state index contributed by atoms with van der Waals surface area (Å²) < 4.78 is 6.72. The molecule has 2 aromatic rings. The van der Waals surface area contributed by atoms with Gasteiger partial charge in [0.25, 0.3) is 0 Å². The van der Waals surface area contributed by atoms with Crippen LogP contribution >= 0.6 is 27.7 Å². The summed E-state index contributed by atoms with van der Waals surface area (Å²) in [6.07, 6.45) is 4.68. The molecule has 9 heteroatoms. The monoisotopic (exact) mass is 544 g/mol. The first-order valence-electron chi connectivity index (χ1n) is 11.3. The molecule has 1 saturated heterocycles. The van der Waals surface area contributed by atoms with Gasteiger partial charge in [0.05, 0.1) is 12.3 Å². The fourth-order valence-electron chi connectivity index (χ4n) is 3.18. The molecule has 1 heterocycles. The van der Waals surface area contributed by atoms with Gasteiger partial charge in [0.15, 0.2) is 5.17 Å². The van der Waals surface area contributed by atoms with Gasteiger partial charge in [-0.3, -0.25) is 9.59 Å². The number of unbranched alkanes of at least 4 members (excludes halogenated alkanes) is 3. The first kappa shape index (κ1) is 26.0. The number of hydrogen-bond donors (Lipinski definition) is 2. The molecule has 34 heavy (non-hydrogen) atoms. The summed E-state index contributed by atoms with van der Waals surface area (Å²) in [6.45, 7) is 4.71. The quantitative estimate of drug-likeness (QED) is 0.226. The summed E-state index contributed by atoms with van der Waals surface area (Å²) in [7, 11) is 0. The van der Waals surface area contributed by atoms with E-state index in [2.05, 4.69) is 43.7 Å². The minimum atomic E-state index is -0.592. The van der Waals surface area contributed by atoms with Gasteiger partial charge in [-0.05, 0) is 55.3 Å². The summed E-state index contributed by atoms with van der Waals surface area (Å²) >= 11 is 4.59. The standard InChI is InChI=1S/C25H29BrN4O3S/c1-3-4-5-6-15-33-21-13-11-20(12-14-21)27-24(32)22-16-23(31)28-25(34-22)30-29-17(2)18-7-9-19(26)10-8-18/h7-14,22H,3-6,15-16H2,1-2H3,(H,27,32)(H,28,30,31). The Hall–Kier alpha value is -2.65. The van der Waals surface area contributed by atoms with Crippen LogP contribution in [0.4, 0.5) is 5.69 Å². The van der Waals surface area contributed by atoms with E-state index in [-0.39, 0.29) is 18.2 Å². The van der Waals surface area contributed by atoms with E-state index in [4.69, 9.17) is 4.74 Å². The second-order valence-corrected chi connectivity index (χ2v) is 9.99. The van der Waals surface area contributed by atoms with Gasteiger partial charge in [0.2, 0.25) is 11.8 Å². The number of halogens is 1. The number of amidine groups is 1. The lowest BCUT2D eigenvalue weighted by Gasteiger charge is -2.21. The third kappa shape index (κ3) is 8.29. The Morgan fingerprint density at radius 3 is 2.59 bits per heavy atom. The summed E-state index contributed by atoms with van der Waals surface area (Å²) in [5, 5.41) is 13.6. The van der Waals surface area contributed by atoms with Crippen molar-refractivity contribution in [2.45, 2.75) is 51.2 Å². The van der Waals surface area contributed by atoms with Crippen LogP contribution in [0, 0.1) is 0 Å². The molecule has 0 saturated carbocycles. The van der Waals surface area contributed by atoms with E-state index in [9.17, 15) is 9.59 Å². The number of ether oxygens (including phenoxy) is 1. The van der Waals surface area contributed by atoms with E-state index in [0.29, 0.717) is 23.2 Å². The number of rotatable bonds is 10. The highest BCUT2D eigenvalue weighted by molar-refractivity contribution is 9.10. The van der Waals surface area contributed by atoms with Crippen LogP contribution in [-0.2, 0) is 9.59 Å². The number of anilines is 1. The van der Waals surface area contributed by atoms with E-state index in [1.165, 1.54) is 24.6 Å². The van der Waals surface area contributed by atoms with Crippen LogP contribution in [0.25, 0.3) is 0 Å². The van der Waals surface area contributed by atoms with Crippen molar-refractivity contribution in [2.75, 3.05) is 11.9 Å². The Kier molecular flexibility index (Phi) is 10.2. The van der Waals surface area contributed by atoms with Crippen LogP contribution in [0.1, 0.15) is 51.5 Å². The van der Waals surface area contributed by atoms with Crippen LogP contribution in [0.2, 0.25) is 0 Å². The number of hydrogen-bond acceptors (Lipinski definition) is 6. The van der Waals surface area contributed by atoms with Crippen LogP contribution in [0.3, 0.4) is 0 Å². The maximum atomic E-state index is 12.8. The van der Waals surface area contributed by atoms with Crippen LogP contribution in [-0.4, -0.2) is 34.6 Å². The number of thioether (sulfide) groups is 1. The molecule has 2 N–H and O–H groups in total. The smallest absolute Gasteiger partial charge is 0.238 e. The molecule has 0 bridgehead atoms. The zero-order valence-electron chi connectivity index (χ0n) is 19.3. The van der Waals surface area contributed by atoms with Crippen molar-refractivity contribution in [3.8, 4) is 5.75 Å². The summed E-state index contributed by atoms with van der Waals surface area (Å²) in [6, 6.07) is 15.0. The largest absolute Gasteiger partial charge is 0.494 e. The molecule has 2 amide bonds. The van der Waals surface area contributed by atoms with Gasteiger partial charge >= 0.3 is 0 Å². The number of nitrogens with one attached hydrogen (secondary N) is 2. The summed E-state index contributed by atoms with van der Waals surface area (Å²) in [5.41, 5.74) is 2.27. The maximum absolute atomic E-state index is 12.8. The van der Waals surface area contributed by atoms with Gasteiger partial charge in [0.1, 0.15) is 11.0 Å². The van der Waals surface area contributed by atoms with Crippen LogP contribution in [0.5, 0.6) is 5.75 Å². The van der Waals surface area contributed by atoms with E-state index >= 15 is 0 Å². The van der Waals surface area contributed by atoms with Gasteiger partial charge in [-0.25, -0.2) is 0 Å². The Labute approximate surface area is 213 Å². The predicted octanol–water partition coefficient (Wildman–Crippen LogP) is 5.75. The molecule has 3 rings (SSSR count). The molecule has 2 aromatic carbocycles. The summed E-state index contributed by atoms with van der Waals surface area (Å²) in [4.78, 5) is 24.9. The second-order valence-electron chi connectivity index (χ2n) is 7.88. The first-order valence-corrected chi connectivity index (χ1v) is 13.0. The number of benzene rings is 2. The molecule has 1 atom stereocenters. The third-order valence-corrected chi connectivity index (χ3v) is 6.71. The Morgan fingerprint density at radius 2 is 1.88 bits per heavy atom. The minimum absolute atomic E-state index is 0.0733. The highest BCUT2D eigenvalue weighted by Crippen LogP contribution is 2.24. The number of carbonyl (C=O) groups excluding carboxylic acids is 2. The number of carbonyl (C=O) groups is 2. The average molecular weight is 546 g/mol. The SMILES string of the molecule is CCCCCCOc1ccc(NC(=O)C2CC(=O)N/C(=N\N=C(C)c3ccc(Br)cc3)S2)cc1. The first-order chi connectivity index (χ1) is 16.4. The topological polar surface area (TPSA) is 92.1 Å². The molecular formula is C25H29BrN4O3S. The van der Waals surface area contributed by atoms with Gasteiger partial charge in [-0.1, -0.05) is 66.0 Å². The van der Waals surface area contributed by atoms with Crippen molar-refractivity contribution in [2.24, 2.45) is 10.2 Å². The van der Waals surface area contributed by atoms with Crippen molar-refractivity contribution in [1.82, 2.24) is 5.32 Å². The molecule has 0 spiro atoms. The molecule has 0 radical (unpaired) electrons. The lowest BCUT2D eigenvalue weighted by Crippen LogP contribution is -2.41. The van der Waals surface area contributed by atoms with Crippen molar-refractivity contribution in [1.29, 1.82) is 0 Å². The summed E-state index contributed by atoms with van der Waals surface area (Å²) in [5.74, 6) is 0.254. The molecule has 1 aliphatic heterocycles. The number of nitrogens with zero attached hydrogens (tertiary/aromatic N) is 2. The van der Waals surface area contributed by atoms with Gasteiger partial charge in [0, 0.05) is 16.6 Å². The van der Waals surface area contributed by atoms with Gasteiger partial charge in [-0.2, -0.15) is 5.10 Å². The molecule has 1 fully saturated rings. The van der Waals surface area contributed by atoms with Crippen molar-refractivity contribution < 1.29 is 14.3 Å². The Morgan fingerprint density at radius 1 is 1.15 bits per heavy atom. The van der Waals surface area contributed by atoms with E-state index in [0.717, 1.165) is 28.6 Å². The van der Waals surface area contributed by atoms with Crippen LogP contribution in [0.15, 0.2) is 63.2 Å². The molecule has 1 aliphatic rings. The lowest BCUT2D eigenvalue weighted by atomic mass is 10.1. The second kappa shape index (κ2) is 13.3. The predicted molar refractivity (Wildman–Crippen MR) is 143 cm³/mol. The van der Waals surface area contributed by atoms with Crippen molar-refractivity contribution >= 4 is 56.1 Å². The highest BCUT2D eigenvalue weighted by Gasteiger charge is 2.30. The molecule has 0 aliphatic carbocycles. The Bertz CT molecular complexity index is 1040. The minimum Gasteiger partial charge on any atom is -0.494 e. The zero-order valence-corrected chi connectivity index (χ0v) is 21.7. The number of amides is 2. The lowest BCUT2D eigenvalue weighted by molar-refractivity contribution is -0.123. The third-order valence-electron chi connectivity index (χ3n) is 5.10. The molecular weight excluding hydrogens is 516 g/mol. The average Bonchev–Trinajstić information content (AvgIpc) is 2.83. The molecule has 7 nitrogen and oxygen atoms in total. The van der Waals surface area contributed by atoms with E-state index in [1.54, 1.807) is 12.1 Å². The van der Waals surface area contributed by atoms with Crippen molar-refractivity contribution in [3.05, 3.63) is 58.6 Å². The van der Waals surface area contributed by atoms with Gasteiger partial charge < -0.3 is 15.4 Å². The highest BCUT2D eigenvalue weighted by atomic mass is 79.9. The maximum Gasteiger partial charge on any atom is 0.238 e. The van der Waals surface area contributed by atoms with Crippen molar-refractivity contribution in [3.63, 3.8) is 0 Å². The van der Waals surface area contributed by atoms with E-state index in [1.807, 2.05) is 43.3 Å². The van der Waals surface area contributed by atoms with E-state index < -0.39 is 5.25 Å². The fraction of sp³-hybridized carbons (Fsp3) is 0.360.